The maximum absolute atomic E-state index is 12.9. The van der Waals surface area contributed by atoms with E-state index in [0.29, 0.717) is 30.9 Å². The molecule has 0 atom stereocenters. The van der Waals surface area contributed by atoms with Crippen LogP contribution in [0.5, 0.6) is 5.75 Å². The van der Waals surface area contributed by atoms with Gasteiger partial charge in [-0.2, -0.15) is 4.31 Å². The summed E-state index contributed by atoms with van der Waals surface area (Å²) in [4.78, 5) is 12.1. The second kappa shape index (κ2) is 10.7. The first kappa shape index (κ1) is 22.7. The average Bonchev–Trinajstić information content (AvgIpc) is 2.62. The van der Waals surface area contributed by atoms with Gasteiger partial charge in [-0.1, -0.05) is 6.42 Å². The Morgan fingerprint density at radius 3 is 2.54 bits per heavy atom. The lowest BCUT2D eigenvalue weighted by Crippen LogP contribution is -2.35. The lowest BCUT2D eigenvalue weighted by Gasteiger charge is -2.26. The summed E-state index contributed by atoms with van der Waals surface area (Å²) in [7, 11) is -0.359. The molecule has 0 bridgehead atoms. The van der Waals surface area contributed by atoms with Gasteiger partial charge in [-0.3, -0.25) is 4.79 Å². The molecule has 1 fully saturated rings. The number of methoxy groups -OCH3 is 1. The number of anilines is 1. The molecular formula is C17H28ClN3O4S. The number of carbonyl (C=O) groups excluding carboxylic acids is 1. The fourth-order valence-electron chi connectivity index (χ4n) is 2.85. The van der Waals surface area contributed by atoms with E-state index in [2.05, 4.69) is 10.6 Å². The number of hydrogen-bond acceptors (Lipinski definition) is 5. The summed E-state index contributed by atoms with van der Waals surface area (Å²) in [6, 6.07) is 4.73. The van der Waals surface area contributed by atoms with Crippen molar-refractivity contribution in [3.05, 3.63) is 18.2 Å². The second-order valence-corrected chi connectivity index (χ2v) is 7.99. The Morgan fingerprint density at radius 2 is 1.92 bits per heavy atom. The molecule has 26 heavy (non-hydrogen) atoms. The van der Waals surface area contributed by atoms with E-state index in [-0.39, 0.29) is 23.2 Å². The molecule has 1 aromatic carbocycles. The van der Waals surface area contributed by atoms with E-state index in [4.69, 9.17) is 4.74 Å². The van der Waals surface area contributed by atoms with Gasteiger partial charge in [-0.05, 0) is 51.1 Å². The number of piperidine rings is 1. The van der Waals surface area contributed by atoms with Crippen LogP contribution in [0, 0.1) is 0 Å². The summed E-state index contributed by atoms with van der Waals surface area (Å²) in [6.45, 7) is 1.79. The third-order valence-corrected chi connectivity index (χ3v) is 6.13. The molecule has 1 aliphatic rings. The van der Waals surface area contributed by atoms with Crippen LogP contribution in [0.25, 0.3) is 0 Å². The summed E-state index contributed by atoms with van der Waals surface area (Å²) in [5.41, 5.74) is 0.464. The molecule has 0 spiro atoms. The van der Waals surface area contributed by atoms with Crippen LogP contribution in [-0.4, -0.2) is 52.4 Å². The molecule has 0 radical (unpaired) electrons. The van der Waals surface area contributed by atoms with Gasteiger partial charge in [-0.25, -0.2) is 8.42 Å². The van der Waals surface area contributed by atoms with Crippen LogP contribution in [-0.2, 0) is 14.8 Å². The number of sulfonamides is 1. The van der Waals surface area contributed by atoms with Gasteiger partial charge in [-0.15, -0.1) is 12.4 Å². The lowest BCUT2D eigenvalue weighted by atomic mass is 10.2. The van der Waals surface area contributed by atoms with Crippen molar-refractivity contribution < 1.29 is 17.9 Å². The van der Waals surface area contributed by atoms with E-state index in [1.807, 2.05) is 7.05 Å². The smallest absolute Gasteiger partial charge is 0.246 e. The minimum Gasteiger partial charge on any atom is -0.495 e. The van der Waals surface area contributed by atoms with Crippen LogP contribution < -0.4 is 15.4 Å². The van der Waals surface area contributed by atoms with E-state index in [0.717, 1.165) is 32.2 Å². The van der Waals surface area contributed by atoms with E-state index < -0.39 is 10.0 Å². The fourth-order valence-corrected chi connectivity index (χ4v) is 4.55. The highest BCUT2D eigenvalue weighted by Crippen LogP contribution is 2.31. The van der Waals surface area contributed by atoms with Crippen LogP contribution in [0.4, 0.5) is 5.69 Å². The van der Waals surface area contributed by atoms with Crippen molar-refractivity contribution in [2.45, 2.75) is 37.0 Å². The standard InChI is InChI=1S/C17H27N3O4S.ClH/c1-18-10-6-7-17(21)19-14-8-9-15(24-2)16(13-14)25(22,23)20-11-4-3-5-12-20;/h8-9,13,18H,3-7,10-12H2,1-2H3,(H,19,21);1H. The molecule has 1 aliphatic heterocycles. The summed E-state index contributed by atoms with van der Waals surface area (Å²) in [5.74, 6) is 0.153. The van der Waals surface area contributed by atoms with Crippen molar-refractivity contribution in [2.24, 2.45) is 0 Å². The third kappa shape index (κ3) is 5.84. The van der Waals surface area contributed by atoms with Crippen molar-refractivity contribution in [1.82, 2.24) is 9.62 Å². The average molecular weight is 406 g/mol. The number of hydrogen-bond donors (Lipinski definition) is 2. The van der Waals surface area contributed by atoms with Gasteiger partial charge in [0.15, 0.2) is 0 Å². The molecule has 0 aromatic heterocycles. The molecule has 1 amide bonds. The minimum atomic E-state index is -3.64. The molecule has 1 heterocycles. The molecular weight excluding hydrogens is 378 g/mol. The third-order valence-electron chi connectivity index (χ3n) is 4.21. The Morgan fingerprint density at radius 1 is 1.23 bits per heavy atom. The molecule has 1 aromatic rings. The molecule has 7 nitrogen and oxygen atoms in total. The summed E-state index contributed by atoms with van der Waals surface area (Å²) >= 11 is 0. The van der Waals surface area contributed by atoms with Crippen LogP contribution >= 0.6 is 12.4 Å². The highest BCUT2D eigenvalue weighted by atomic mass is 35.5. The van der Waals surface area contributed by atoms with E-state index >= 15 is 0 Å². The second-order valence-electron chi connectivity index (χ2n) is 6.09. The molecule has 0 saturated carbocycles. The van der Waals surface area contributed by atoms with Crippen molar-refractivity contribution in [3.63, 3.8) is 0 Å². The Hall–Kier alpha value is -1.35. The van der Waals surface area contributed by atoms with Gasteiger partial charge in [0.1, 0.15) is 10.6 Å². The Balaban J connectivity index is 0.00000338. The number of rotatable bonds is 8. The van der Waals surface area contributed by atoms with Crippen molar-refractivity contribution in [1.29, 1.82) is 0 Å². The molecule has 0 unspecified atom stereocenters. The summed E-state index contributed by atoms with van der Waals surface area (Å²) in [6.07, 6.45) is 3.87. The number of nitrogens with one attached hydrogen (secondary N) is 2. The monoisotopic (exact) mass is 405 g/mol. The predicted molar refractivity (Wildman–Crippen MR) is 105 cm³/mol. The topological polar surface area (TPSA) is 87.7 Å². The van der Waals surface area contributed by atoms with Crippen molar-refractivity contribution in [3.8, 4) is 5.75 Å². The fraction of sp³-hybridized carbons (Fsp3) is 0.588. The zero-order valence-corrected chi connectivity index (χ0v) is 16.9. The van der Waals surface area contributed by atoms with Crippen molar-refractivity contribution >= 4 is 34.0 Å². The number of carbonyl (C=O) groups is 1. The first-order valence-electron chi connectivity index (χ1n) is 8.61. The molecule has 1 saturated heterocycles. The van der Waals surface area contributed by atoms with Crippen LogP contribution in [0.3, 0.4) is 0 Å². The normalized spacial score (nSPS) is 15.2. The van der Waals surface area contributed by atoms with E-state index in [1.54, 1.807) is 12.1 Å². The zero-order chi connectivity index (χ0) is 18.3. The SMILES string of the molecule is CNCCCC(=O)Nc1ccc(OC)c(S(=O)(=O)N2CCCCC2)c1.Cl. The first-order chi connectivity index (χ1) is 12.0. The largest absolute Gasteiger partial charge is 0.495 e. The van der Waals surface area contributed by atoms with Crippen LogP contribution in [0.2, 0.25) is 0 Å². The first-order valence-corrected chi connectivity index (χ1v) is 10.1. The van der Waals surface area contributed by atoms with Gasteiger partial charge >= 0.3 is 0 Å². The zero-order valence-electron chi connectivity index (χ0n) is 15.3. The van der Waals surface area contributed by atoms with Crippen LogP contribution in [0.1, 0.15) is 32.1 Å². The summed E-state index contributed by atoms with van der Waals surface area (Å²) < 4.78 is 32.6. The minimum absolute atomic E-state index is 0. The van der Waals surface area contributed by atoms with Gasteiger partial charge < -0.3 is 15.4 Å². The highest BCUT2D eigenvalue weighted by Gasteiger charge is 2.29. The molecule has 148 valence electrons. The Kier molecular flexibility index (Phi) is 9.35. The highest BCUT2D eigenvalue weighted by molar-refractivity contribution is 7.89. The number of nitrogens with zero attached hydrogens (tertiary/aromatic N) is 1. The van der Waals surface area contributed by atoms with Crippen molar-refractivity contribution in [2.75, 3.05) is 39.1 Å². The van der Waals surface area contributed by atoms with E-state index in [9.17, 15) is 13.2 Å². The van der Waals surface area contributed by atoms with Gasteiger partial charge in [0.05, 0.1) is 7.11 Å². The van der Waals surface area contributed by atoms with Gasteiger partial charge in [0.25, 0.3) is 0 Å². The molecule has 9 heteroatoms. The maximum Gasteiger partial charge on any atom is 0.246 e. The van der Waals surface area contributed by atoms with Gasteiger partial charge in [0.2, 0.25) is 15.9 Å². The quantitative estimate of drug-likeness (QED) is 0.647. The number of amides is 1. The van der Waals surface area contributed by atoms with Gasteiger partial charge in [0, 0.05) is 25.2 Å². The maximum atomic E-state index is 12.9. The lowest BCUT2D eigenvalue weighted by molar-refractivity contribution is -0.116. The number of ether oxygens (including phenoxy) is 1. The summed E-state index contributed by atoms with van der Waals surface area (Å²) in [5, 5.41) is 5.75. The molecule has 0 aliphatic carbocycles. The predicted octanol–water partition coefficient (Wildman–Crippen LogP) is 2.23. The van der Waals surface area contributed by atoms with E-state index in [1.165, 1.54) is 17.5 Å². The molecule has 2 rings (SSSR count). The van der Waals surface area contributed by atoms with Crippen LogP contribution in [0.15, 0.2) is 23.1 Å². The molecule has 2 N–H and O–H groups in total. The number of halogens is 1. The number of benzene rings is 1. The Labute approximate surface area is 161 Å². The Bertz CT molecular complexity index is 691.